The summed E-state index contributed by atoms with van der Waals surface area (Å²) in [6, 6.07) is 13.6. The number of nitrogens with zero attached hydrogens (tertiary/aromatic N) is 2. The van der Waals surface area contributed by atoms with Crippen molar-refractivity contribution >= 4 is 313 Å². The van der Waals surface area contributed by atoms with E-state index in [-0.39, 0.29) is 10.8 Å². The fourth-order valence-corrected chi connectivity index (χ4v) is 26.8. The average molecular weight is 927 g/mol. The summed E-state index contributed by atoms with van der Waals surface area (Å²) in [7, 11) is 0. The van der Waals surface area contributed by atoms with E-state index in [9.17, 15) is 0 Å². The van der Waals surface area contributed by atoms with Crippen LogP contribution in [0.3, 0.4) is 0 Å². The van der Waals surface area contributed by atoms with Gasteiger partial charge in [0.25, 0.3) is 0 Å². The Balaban J connectivity index is 1.06. The molecule has 0 radical (unpaired) electrons. The Morgan fingerprint density at radius 1 is 0.211 bits per heavy atom. The Morgan fingerprint density at radius 2 is 0.368 bits per heavy atom. The first kappa shape index (κ1) is 28.2. The highest BCUT2D eigenvalue weighted by Gasteiger charge is 2.71. The van der Waals surface area contributed by atoms with Gasteiger partial charge in [0.2, 0.25) is 0 Å². The zero-order chi connectivity index (χ0) is 45.0. The first-order valence-electron chi connectivity index (χ1n) is 28.3. The molecule has 0 saturated heterocycles. The van der Waals surface area contributed by atoms with Crippen molar-refractivity contribution in [2.75, 3.05) is 0 Å². The Morgan fingerprint density at radius 3 is 0.539 bits per heavy atom. The monoisotopic (exact) mass is 926 g/mol. The molecule has 5 aliphatic carbocycles. The molecule has 0 N–H and O–H groups in total. The van der Waals surface area contributed by atoms with Crippen LogP contribution in [0.1, 0.15) is 33.6 Å². The van der Waals surface area contributed by atoms with Gasteiger partial charge in [-0.15, -0.1) is 0 Å². The van der Waals surface area contributed by atoms with Gasteiger partial charge in [-0.05, 0) is 336 Å². The highest BCUT2D eigenvalue weighted by molar-refractivity contribution is 6.82. The lowest BCUT2D eigenvalue weighted by atomic mass is 9.44. The summed E-state index contributed by atoms with van der Waals surface area (Å²) in [4.78, 5) is 12.0. The molecule has 2 spiro atoms. The molecule has 1 aromatic heterocycles. The van der Waals surface area contributed by atoms with E-state index >= 15 is 0 Å². The molecule has 5 aliphatic rings. The Hall–Kier alpha value is -9.50. The fraction of sp³-hybridized carbons (Fsp3) is 0.0541. The molecule has 0 saturated carbocycles. The van der Waals surface area contributed by atoms with Gasteiger partial charge in [-0.3, -0.25) is 0 Å². The molecule has 36 rings (SSSR count). The van der Waals surface area contributed by atoms with E-state index < -0.39 is 0 Å². The van der Waals surface area contributed by atoms with Gasteiger partial charge in [-0.25, -0.2) is 9.97 Å². The molecule has 30 aromatic carbocycles. The molecule has 1 heterocycles. The molecule has 2 nitrogen and oxygen atoms in total. The zero-order valence-electron chi connectivity index (χ0n) is 38.8. The van der Waals surface area contributed by atoms with Crippen LogP contribution in [0, 0.1) is 0 Å². The lowest BCUT2D eigenvalue weighted by Crippen LogP contribution is -2.57. The van der Waals surface area contributed by atoms with Gasteiger partial charge in [0.05, 0.1) is 22.4 Å². The molecule has 0 unspecified atom stereocenters. The number of aromatic nitrogens is 2. The first-order chi connectivity index (χ1) is 37.8. The predicted octanol–water partition coefficient (Wildman–Crippen LogP) is 19.2. The van der Waals surface area contributed by atoms with Gasteiger partial charge in [-0.1, -0.05) is 24.3 Å². The lowest BCUT2D eigenvalue weighted by molar-refractivity contribution is 0.290. The lowest BCUT2D eigenvalue weighted by Gasteiger charge is -2.56. The summed E-state index contributed by atoms with van der Waals surface area (Å²) >= 11 is 0. The van der Waals surface area contributed by atoms with Gasteiger partial charge in [0, 0.05) is 23.7 Å². The third kappa shape index (κ3) is 1.56. The van der Waals surface area contributed by atoms with Crippen LogP contribution in [0.2, 0.25) is 0 Å². The van der Waals surface area contributed by atoms with Gasteiger partial charge < -0.3 is 0 Å². The molecular weight excluding hydrogens is 917 g/mol. The van der Waals surface area contributed by atoms with Gasteiger partial charge in [0.1, 0.15) is 0 Å². The molecule has 0 amide bonds. The third-order valence-corrected chi connectivity index (χ3v) is 27.2. The van der Waals surface area contributed by atoms with Crippen LogP contribution in [-0.4, -0.2) is 9.97 Å². The molecule has 2 heteroatoms. The van der Waals surface area contributed by atoms with Crippen molar-refractivity contribution in [1.82, 2.24) is 9.97 Å². The molecule has 316 valence electrons. The quantitative estimate of drug-likeness (QED) is 0.112. The van der Waals surface area contributed by atoms with Crippen LogP contribution in [0.15, 0.2) is 36.4 Å². The van der Waals surface area contributed by atoms with Gasteiger partial charge >= 0.3 is 0 Å². The van der Waals surface area contributed by atoms with Crippen LogP contribution in [-0.2, 0) is 23.7 Å². The van der Waals surface area contributed by atoms with Crippen LogP contribution >= 0.6 is 0 Å². The summed E-state index contributed by atoms with van der Waals surface area (Å²) in [5, 5.41) is 91.9. The minimum Gasteiger partial charge on any atom is -0.249 e. The second-order valence-electron chi connectivity index (χ2n) is 27.7. The summed E-state index contributed by atoms with van der Waals surface area (Å²) in [6.07, 6.45) is 1.79. The molecule has 0 bridgehead atoms. The Bertz CT molecular complexity index is 7480. The maximum atomic E-state index is 6.01. The molecule has 0 aliphatic heterocycles. The molecule has 76 heavy (non-hydrogen) atoms. The summed E-state index contributed by atoms with van der Waals surface area (Å²) in [5.74, 6) is 0. The number of hydrogen-bond donors (Lipinski definition) is 0. The first-order valence-corrected chi connectivity index (χ1v) is 28.3. The zero-order valence-corrected chi connectivity index (χ0v) is 38.8. The fourth-order valence-electron chi connectivity index (χ4n) is 26.8. The highest BCUT2D eigenvalue weighted by Crippen LogP contribution is 2.85. The summed E-state index contributed by atoms with van der Waals surface area (Å²) in [6.45, 7) is 0. The third-order valence-electron chi connectivity index (χ3n) is 27.2. The largest absolute Gasteiger partial charge is 0.249 e. The van der Waals surface area contributed by atoms with Crippen molar-refractivity contribution in [3.05, 3.63) is 70.0 Å². The summed E-state index contributed by atoms with van der Waals surface area (Å²) < 4.78 is 0. The van der Waals surface area contributed by atoms with E-state index in [4.69, 9.17) is 9.97 Å². The summed E-state index contributed by atoms with van der Waals surface area (Å²) in [5.41, 5.74) is 10.9. The molecule has 0 atom stereocenters. The van der Waals surface area contributed by atoms with Crippen molar-refractivity contribution in [2.45, 2.75) is 23.7 Å². The second kappa shape index (κ2) is 6.52. The van der Waals surface area contributed by atoms with Crippen molar-refractivity contribution in [2.24, 2.45) is 0 Å². The maximum absolute atomic E-state index is 6.01. The van der Waals surface area contributed by atoms with Crippen LogP contribution in [0.25, 0.3) is 313 Å². The molecule has 31 aromatic rings. The van der Waals surface area contributed by atoms with Crippen LogP contribution < -0.4 is 0 Å². The van der Waals surface area contributed by atoms with Gasteiger partial charge in [-0.2, -0.15) is 0 Å². The number of fused-ring (bicyclic) bond motifs is 3. The van der Waals surface area contributed by atoms with E-state index in [1.54, 1.807) is 313 Å². The standard InChI is InChI=1S/C74H10N2/c1-2-4-10-6-12-11(5-9(10)3-1)75-13-7-73-69-61-53-43-33-25-17-15-16-19-23-21(17)29-37-31(23)41-35-27(19)28-20(16)24-22-18(15)26(25)34-40-30(22)38-32(24)42-36(28)46-45(35)55-49(41)59-51(37)57(47(53)39(29)33)65(69)67(59)71-63(55)64-56(46)50(42)60-52(38)58-48(40)54(44(34)43)62(61)70(73)66(58)68(60)72(64)74(71,73)8-14(13)76-12/h1-6H,7-8H2. The Labute approximate surface area is 414 Å². The van der Waals surface area contributed by atoms with Crippen LogP contribution in [0.5, 0.6) is 0 Å². The average Bonchev–Trinajstić information content (AvgIpc) is 2.67. The molecule has 0 fully saturated rings. The number of rotatable bonds is 0. The van der Waals surface area contributed by atoms with E-state index in [2.05, 4.69) is 36.4 Å². The molecular formula is C74H10N2. The van der Waals surface area contributed by atoms with E-state index in [1.807, 2.05) is 0 Å². The van der Waals surface area contributed by atoms with Crippen molar-refractivity contribution < 1.29 is 0 Å². The number of hydrogen-bond acceptors (Lipinski definition) is 2. The topological polar surface area (TPSA) is 25.8 Å². The normalized spacial score (nSPS) is 21.7. The minimum absolute atomic E-state index is 0.343. The van der Waals surface area contributed by atoms with E-state index in [0.717, 1.165) is 23.9 Å². The van der Waals surface area contributed by atoms with E-state index in [1.165, 1.54) is 22.2 Å². The number of benzene rings is 20. The second-order valence-corrected chi connectivity index (χ2v) is 27.7. The SMILES string of the molecule is c1ccc2cc3nc4c(nc3cc2c1)CC12c3c5c6c7c8c9c(c%10c%11c1c1c3c3c%12c5c5c6c6c8c8c%13c9c9c%10c%10c%11c%11c1c1c3c3c%12c%12c5c5c6c8c6c8c%13c9c9c%10c%10c%11c1c1c3c3c%12c5c6c5c8c9c%10c1c35)C72C4. The minimum atomic E-state index is -0.343. The van der Waals surface area contributed by atoms with Crippen molar-refractivity contribution in [3.8, 4) is 0 Å². The van der Waals surface area contributed by atoms with Crippen LogP contribution in [0.4, 0.5) is 0 Å². The smallest absolute Gasteiger partial charge is 0.0896 e. The highest BCUT2D eigenvalue weighted by atomic mass is 14.9. The predicted molar refractivity (Wildman–Crippen MR) is 318 cm³/mol. The van der Waals surface area contributed by atoms with Crippen molar-refractivity contribution in [3.63, 3.8) is 0 Å². The Kier molecular flexibility index (Phi) is 2.42. The van der Waals surface area contributed by atoms with Gasteiger partial charge in [0.15, 0.2) is 0 Å². The maximum Gasteiger partial charge on any atom is 0.0896 e. The van der Waals surface area contributed by atoms with Crippen molar-refractivity contribution in [1.29, 1.82) is 0 Å². The van der Waals surface area contributed by atoms with E-state index in [0.29, 0.717) is 0 Å².